The largest absolute Gasteiger partial charge is 0.361 e. The van der Waals surface area contributed by atoms with E-state index in [1.165, 1.54) is 6.26 Å². The van der Waals surface area contributed by atoms with Crippen LogP contribution in [0.2, 0.25) is 0 Å². The molecule has 0 N–H and O–H groups in total. The van der Waals surface area contributed by atoms with Crippen molar-refractivity contribution in [3.63, 3.8) is 0 Å². The third-order valence-electron chi connectivity index (χ3n) is 4.21. The quantitative estimate of drug-likeness (QED) is 0.860. The minimum atomic E-state index is -3.14. The Bertz CT molecular complexity index is 782. The van der Waals surface area contributed by atoms with E-state index in [1.807, 2.05) is 43.5 Å². The van der Waals surface area contributed by atoms with E-state index in [9.17, 15) is 8.42 Å². The van der Waals surface area contributed by atoms with E-state index in [0.29, 0.717) is 13.1 Å². The molecule has 0 radical (unpaired) electrons. The SMILES string of the molecule is CN(C)c1nc(C2CCCN(S(C)(=O)=O)C2)cn2cccc12. The molecule has 22 heavy (non-hydrogen) atoms. The molecule has 0 aliphatic carbocycles. The first-order valence-corrected chi connectivity index (χ1v) is 9.31. The lowest BCUT2D eigenvalue weighted by molar-refractivity contribution is 0.314. The summed E-state index contributed by atoms with van der Waals surface area (Å²) < 4.78 is 27.2. The van der Waals surface area contributed by atoms with Crippen molar-refractivity contribution in [1.82, 2.24) is 13.7 Å². The molecule has 1 saturated heterocycles. The maximum absolute atomic E-state index is 11.8. The minimum Gasteiger partial charge on any atom is -0.361 e. The molecular weight excluding hydrogens is 300 g/mol. The molecule has 0 bridgehead atoms. The molecule has 6 nitrogen and oxygen atoms in total. The second-order valence-electron chi connectivity index (χ2n) is 6.14. The molecule has 0 spiro atoms. The van der Waals surface area contributed by atoms with Gasteiger partial charge in [0.15, 0.2) is 5.82 Å². The number of hydrogen-bond donors (Lipinski definition) is 0. The summed E-state index contributed by atoms with van der Waals surface area (Å²) in [5, 5.41) is 0. The molecule has 3 rings (SSSR count). The van der Waals surface area contributed by atoms with Crippen LogP contribution < -0.4 is 4.90 Å². The van der Waals surface area contributed by atoms with E-state index in [0.717, 1.165) is 29.9 Å². The summed E-state index contributed by atoms with van der Waals surface area (Å²) in [4.78, 5) is 6.79. The lowest BCUT2D eigenvalue weighted by atomic mass is 9.96. The van der Waals surface area contributed by atoms with Crippen LogP contribution in [0.25, 0.3) is 5.52 Å². The molecule has 1 unspecified atom stereocenters. The van der Waals surface area contributed by atoms with Crippen molar-refractivity contribution in [3.05, 3.63) is 30.2 Å². The fourth-order valence-corrected chi connectivity index (χ4v) is 3.97. The molecule has 1 aliphatic heterocycles. The lowest BCUT2D eigenvalue weighted by Gasteiger charge is -2.31. The van der Waals surface area contributed by atoms with E-state index >= 15 is 0 Å². The zero-order chi connectivity index (χ0) is 15.9. The molecule has 2 aromatic heterocycles. The zero-order valence-corrected chi connectivity index (χ0v) is 14.0. The van der Waals surface area contributed by atoms with Gasteiger partial charge in [-0.25, -0.2) is 17.7 Å². The Hall–Kier alpha value is -1.60. The first-order chi connectivity index (χ1) is 10.4. The predicted octanol–water partition coefficient (Wildman–Crippen LogP) is 1.54. The molecule has 0 saturated carbocycles. The first kappa shape index (κ1) is 15.3. The van der Waals surface area contributed by atoms with Crippen molar-refractivity contribution in [2.45, 2.75) is 18.8 Å². The number of sulfonamides is 1. The van der Waals surface area contributed by atoms with Gasteiger partial charge in [0.25, 0.3) is 0 Å². The van der Waals surface area contributed by atoms with E-state index in [4.69, 9.17) is 4.98 Å². The summed E-state index contributed by atoms with van der Waals surface area (Å²) in [5.41, 5.74) is 2.02. The third kappa shape index (κ3) is 2.83. The van der Waals surface area contributed by atoms with Crippen molar-refractivity contribution >= 4 is 21.4 Å². The topological polar surface area (TPSA) is 57.9 Å². The van der Waals surface area contributed by atoms with Gasteiger partial charge in [0, 0.05) is 45.5 Å². The molecule has 1 fully saturated rings. The molecule has 0 amide bonds. The zero-order valence-electron chi connectivity index (χ0n) is 13.2. The van der Waals surface area contributed by atoms with Crippen molar-refractivity contribution in [2.75, 3.05) is 38.3 Å². The van der Waals surface area contributed by atoms with Gasteiger partial charge in [-0.15, -0.1) is 0 Å². The van der Waals surface area contributed by atoms with E-state index in [1.54, 1.807) is 4.31 Å². The normalized spacial score (nSPS) is 20.4. The lowest BCUT2D eigenvalue weighted by Crippen LogP contribution is -2.38. The highest BCUT2D eigenvalue weighted by molar-refractivity contribution is 7.88. The van der Waals surface area contributed by atoms with Gasteiger partial charge in [0.05, 0.1) is 17.5 Å². The average Bonchev–Trinajstić information content (AvgIpc) is 2.93. The number of anilines is 1. The molecule has 0 aromatic carbocycles. The van der Waals surface area contributed by atoms with Crippen molar-refractivity contribution in [2.24, 2.45) is 0 Å². The Balaban J connectivity index is 1.99. The van der Waals surface area contributed by atoms with Gasteiger partial charge < -0.3 is 9.30 Å². The van der Waals surface area contributed by atoms with Crippen LogP contribution in [-0.4, -0.2) is 55.5 Å². The molecule has 120 valence electrons. The molecule has 1 atom stereocenters. The van der Waals surface area contributed by atoms with Crippen molar-refractivity contribution < 1.29 is 8.42 Å². The van der Waals surface area contributed by atoms with Crippen LogP contribution in [0.15, 0.2) is 24.5 Å². The summed E-state index contributed by atoms with van der Waals surface area (Å²) in [6.07, 6.45) is 7.16. The standard InChI is InChI=1S/C15H22N4O2S/c1-17(2)15-14-7-5-8-18(14)11-13(16-15)12-6-4-9-19(10-12)22(3,20)21/h5,7-8,11-12H,4,6,9-10H2,1-3H3. The average molecular weight is 322 g/mol. The van der Waals surface area contributed by atoms with Crippen LogP contribution in [-0.2, 0) is 10.0 Å². The molecule has 3 heterocycles. The fraction of sp³-hybridized carbons (Fsp3) is 0.533. The van der Waals surface area contributed by atoms with Gasteiger partial charge >= 0.3 is 0 Å². The van der Waals surface area contributed by atoms with Crippen LogP contribution in [0.1, 0.15) is 24.5 Å². The van der Waals surface area contributed by atoms with Crippen LogP contribution >= 0.6 is 0 Å². The Kier molecular flexibility index (Phi) is 3.86. The van der Waals surface area contributed by atoms with E-state index < -0.39 is 10.0 Å². The van der Waals surface area contributed by atoms with Crippen LogP contribution in [0.4, 0.5) is 5.82 Å². The highest BCUT2D eigenvalue weighted by Gasteiger charge is 2.28. The molecular formula is C15H22N4O2S. The van der Waals surface area contributed by atoms with Crippen molar-refractivity contribution in [1.29, 1.82) is 0 Å². The van der Waals surface area contributed by atoms with Crippen LogP contribution in [0.3, 0.4) is 0 Å². The number of rotatable bonds is 3. The number of nitrogens with zero attached hydrogens (tertiary/aromatic N) is 4. The summed E-state index contributed by atoms with van der Waals surface area (Å²) in [6.45, 7) is 1.13. The number of piperidine rings is 1. The molecule has 7 heteroatoms. The van der Waals surface area contributed by atoms with Crippen LogP contribution in [0.5, 0.6) is 0 Å². The highest BCUT2D eigenvalue weighted by atomic mass is 32.2. The van der Waals surface area contributed by atoms with E-state index in [-0.39, 0.29) is 5.92 Å². The summed E-state index contributed by atoms with van der Waals surface area (Å²) >= 11 is 0. The van der Waals surface area contributed by atoms with Gasteiger partial charge in [0.2, 0.25) is 10.0 Å². The second kappa shape index (κ2) is 5.55. The van der Waals surface area contributed by atoms with Crippen molar-refractivity contribution in [3.8, 4) is 0 Å². The fourth-order valence-electron chi connectivity index (χ4n) is 3.06. The van der Waals surface area contributed by atoms with Gasteiger partial charge in [-0.3, -0.25) is 0 Å². The first-order valence-electron chi connectivity index (χ1n) is 7.46. The Morgan fingerprint density at radius 3 is 2.82 bits per heavy atom. The van der Waals surface area contributed by atoms with Gasteiger partial charge in [-0.1, -0.05) is 0 Å². The third-order valence-corrected chi connectivity index (χ3v) is 5.48. The highest BCUT2D eigenvalue weighted by Crippen LogP contribution is 2.29. The summed E-state index contributed by atoms with van der Waals surface area (Å²) in [5.74, 6) is 1.06. The Morgan fingerprint density at radius 1 is 1.36 bits per heavy atom. The molecule has 2 aromatic rings. The van der Waals surface area contributed by atoms with Gasteiger partial charge in [-0.2, -0.15) is 0 Å². The minimum absolute atomic E-state index is 0.147. The summed E-state index contributed by atoms with van der Waals surface area (Å²) in [6, 6.07) is 4.03. The van der Waals surface area contributed by atoms with E-state index in [2.05, 4.69) is 4.40 Å². The maximum Gasteiger partial charge on any atom is 0.211 e. The number of hydrogen-bond acceptors (Lipinski definition) is 4. The van der Waals surface area contributed by atoms with Gasteiger partial charge in [-0.05, 0) is 25.0 Å². The molecule has 1 aliphatic rings. The Labute approximate surface area is 131 Å². The Morgan fingerprint density at radius 2 is 2.14 bits per heavy atom. The number of aromatic nitrogens is 2. The van der Waals surface area contributed by atoms with Gasteiger partial charge in [0.1, 0.15) is 0 Å². The monoisotopic (exact) mass is 322 g/mol. The number of fused-ring (bicyclic) bond motifs is 1. The summed E-state index contributed by atoms with van der Waals surface area (Å²) in [7, 11) is 0.813. The smallest absolute Gasteiger partial charge is 0.211 e. The second-order valence-corrected chi connectivity index (χ2v) is 8.13. The van der Waals surface area contributed by atoms with Crippen LogP contribution in [0, 0.1) is 0 Å². The predicted molar refractivity (Wildman–Crippen MR) is 87.9 cm³/mol. The maximum atomic E-state index is 11.8.